The van der Waals surface area contributed by atoms with Crippen molar-refractivity contribution in [2.24, 2.45) is 5.92 Å². The van der Waals surface area contributed by atoms with Crippen molar-refractivity contribution >= 4 is 5.91 Å². The van der Waals surface area contributed by atoms with Crippen LogP contribution in [0.4, 0.5) is 0 Å². The Bertz CT molecular complexity index is 225. The highest BCUT2D eigenvalue weighted by atomic mass is 16.5. The molecule has 4 heteroatoms. The zero-order chi connectivity index (χ0) is 12.7. The molecule has 0 aromatic heterocycles. The molecule has 0 aromatic rings. The molecule has 1 aliphatic heterocycles. The van der Waals surface area contributed by atoms with Gasteiger partial charge in [-0.2, -0.15) is 0 Å². The molecule has 0 spiro atoms. The lowest BCUT2D eigenvalue weighted by atomic mass is 9.93. The van der Waals surface area contributed by atoms with E-state index in [9.17, 15) is 4.79 Å². The number of amides is 1. The Morgan fingerprint density at radius 3 is 2.59 bits per heavy atom. The highest BCUT2D eigenvalue weighted by Crippen LogP contribution is 2.20. The number of hydrogen-bond acceptors (Lipinski definition) is 3. The van der Waals surface area contributed by atoms with Gasteiger partial charge in [-0.1, -0.05) is 0 Å². The Hall–Kier alpha value is -0.610. The number of methoxy groups -OCH3 is 1. The van der Waals surface area contributed by atoms with Gasteiger partial charge in [0.25, 0.3) is 0 Å². The van der Waals surface area contributed by atoms with Crippen molar-refractivity contribution < 1.29 is 9.53 Å². The van der Waals surface area contributed by atoms with Crippen LogP contribution >= 0.6 is 0 Å². The molecular formula is C13H26N2O2. The lowest BCUT2D eigenvalue weighted by Crippen LogP contribution is -2.37. The van der Waals surface area contributed by atoms with Crippen LogP contribution in [0.5, 0.6) is 0 Å². The first-order chi connectivity index (χ1) is 8.13. The third kappa shape index (κ3) is 5.50. The van der Waals surface area contributed by atoms with E-state index < -0.39 is 0 Å². The van der Waals surface area contributed by atoms with E-state index in [0.29, 0.717) is 0 Å². The molecule has 1 fully saturated rings. The molecule has 0 N–H and O–H groups in total. The van der Waals surface area contributed by atoms with Crippen LogP contribution in [0, 0.1) is 5.92 Å². The van der Waals surface area contributed by atoms with E-state index in [2.05, 4.69) is 4.90 Å². The molecule has 0 aliphatic carbocycles. The van der Waals surface area contributed by atoms with Gasteiger partial charge in [-0.05, 0) is 38.3 Å². The standard InChI is InChI=1S/C13H26N2O2/c1-12(16)14(2)7-4-13-5-8-15(9-6-13)10-11-17-3/h13H,4-11H2,1-3H3. The van der Waals surface area contributed by atoms with Crippen LogP contribution in [-0.2, 0) is 9.53 Å². The van der Waals surface area contributed by atoms with E-state index in [1.807, 2.05) is 11.9 Å². The first-order valence-corrected chi connectivity index (χ1v) is 6.56. The smallest absolute Gasteiger partial charge is 0.219 e. The number of carbonyl (C=O) groups is 1. The van der Waals surface area contributed by atoms with E-state index in [0.717, 1.165) is 32.0 Å². The van der Waals surface area contributed by atoms with Crippen molar-refractivity contribution in [1.82, 2.24) is 9.80 Å². The molecule has 1 heterocycles. The highest BCUT2D eigenvalue weighted by Gasteiger charge is 2.19. The van der Waals surface area contributed by atoms with Crippen molar-refractivity contribution in [3.05, 3.63) is 0 Å². The van der Waals surface area contributed by atoms with Crippen molar-refractivity contribution in [2.45, 2.75) is 26.2 Å². The fraction of sp³-hybridized carbons (Fsp3) is 0.923. The highest BCUT2D eigenvalue weighted by molar-refractivity contribution is 5.72. The van der Waals surface area contributed by atoms with Gasteiger partial charge in [-0.25, -0.2) is 0 Å². The van der Waals surface area contributed by atoms with E-state index in [1.165, 1.54) is 25.9 Å². The summed E-state index contributed by atoms with van der Waals surface area (Å²) >= 11 is 0. The molecule has 1 saturated heterocycles. The maximum atomic E-state index is 11.1. The van der Waals surface area contributed by atoms with Crippen LogP contribution in [0.3, 0.4) is 0 Å². The lowest BCUT2D eigenvalue weighted by molar-refractivity contribution is -0.127. The summed E-state index contributed by atoms with van der Waals surface area (Å²) in [6.07, 6.45) is 3.67. The Labute approximate surface area is 105 Å². The minimum atomic E-state index is 0.169. The Morgan fingerprint density at radius 1 is 1.41 bits per heavy atom. The fourth-order valence-electron chi connectivity index (χ4n) is 2.25. The van der Waals surface area contributed by atoms with Gasteiger partial charge in [0.1, 0.15) is 0 Å². The zero-order valence-electron chi connectivity index (χ0n) is 11.4. The van der Waals surface area contributed by atoms with E-state index in [4.69, 9.17) is 4.74 Å². The Kier molecular flexibility index (Phi) is 6.52. The first-order valence-electron chi connectivity index (χ1n) is 6.56. The summed E-state index contributed by atoms with van der Waals surface area (Å²) in [6, 6.07) is 0. The van der Waals surface area contributed by atoms with Crippen LogP contribution in [-0.4, -0.2) is 62.7 Å². The van der Waals surface area contributed by atoms with Crippen molar-refractivity contribution in [1.29, 1.82) is 0 Å². The normalized spacial score (nSPS) is 18.3. The average Bonchev–Trinajstić information content (AvgIpc) is 2.34. The third-order valence-electron chi connectivity index (χ3n) is 3.73. The molecule has 0 saturated carbocycles. The molecule has 1 rings (SSSR count). The van der Waals surface area contributed by atoms with Crippen LogP contribution in [0.1, 0.15) is 26.2 Å². The van der Waals surface area contributed by atoms with Crippen molar-refractivity contribution in [3.8, 4) is 0 Å². The maximum Gasteiger partial charge on any atom is 0.219 e. The van der Waals surface area contributed by atoms with Gasteiger partial charge in [-0.15, -0.1) is 0 Å². The number of hydrogen-bond donors (Lipinski definition) is 0. The van der Waals surface area contributed by atoms with Gasteiger partial charge in [0.05, 0.1) is 6.61 Å². The molecule has 0 atom stereocenters. The molecule has 1 aliphatic rings. The summed E-state index contributed by atoms with van der Waals surface area (Å²) < 4.78 is 5.09. The molecular weight excluding hydrogens is 216 g/mol. The van der Waals surface area contributed by atoms with Crippen molar-refractivity contribution in [2.75, 3.05) is 46.9 Å². The number of ether oxygens (including phenoxy) is 1. The quantitative estimate of drug-likeness (QED) is 0.702. The molecule has 4 nitrogen and oxygen atoms in total. The summed E-state index contributed by atoms with van der Waals surface area (Å²) in [6.45, 7) is 6.77. The fourth-order valence-corrected chi connectivity index (χ4v) is 2.25. The Balaban J connectivity index is 2.12. The van der Waals surface area contributed by atoms with E-state index in [1.54, 1.807) is 14.0 Å². The lowest BCUT2D eigenvalue weighted by Gasteiger charge is -2.32. The summed E-state index contributed by atoms with van der Waals surface area (Å²) in [7, 11) is 3.64. The molecule has 0 bridgehead atoms. The molecule has 0 aromatic carbocycles. The monoisotopic (exact) mass is 242 g/mol. The van der Waals surface area contributed by atoms with Gasteiger partial charge < -0.3 is 14.5 Å². The topological polar surface area (TPSA) is 32.8 Å². The Morgan fingerprint density at radius 2 is 2.06 bits per heavy atom. The van der Waals surface area contributed by atoms with Crippen LogP contribution in [0.25, 0.3) is 0 Å². The largest absolute Gasteiger partial charge is 0.383 e. The molecule has 0 radical (unpaired) electrons. The van der Waals surface area contributed by atoms with Crippen molar-refractivity contribution in [3.63, 3.8) is 0 Å². The van der Waals surface area contributed by atoms with Crippen LogP contribution < -0.4 is 0 Å². The second-order valence-corrected chi connectivity index (χ2v) is 5.01. The van der Waals surface area contributed by atoms with Gasteiger partial charge in [0.15, 0.2) is 0 Å². The van der Waals surface area contributed by atoms with Gasteiger partial charge >= 0.3 is 0 Å². The number of piperidine rings is 1. The summed E-state index contributed by atoms with van der Waals surface area (Å²) in [5, 5.41) is 0. The number of nitrogens with zero attached hydrogens (tertiary/aromatic N) is 2. The maximum absolute atomic E-state index is 11.1. The SMILES string of the molecule is COCCN1CCC(CCN(C)C(C)=O)CC1. The summed E-state index contributed by atoms with van der Waals surface area (Å²) in [5.41, 5.74) is 0. The first kappa shape index (κ1) is 14.5. The van der Waals surface area contributed by atoms with E-state index in [-0.39, 0.29) is 5.91 Å². The average molecular weight is 242 g/mol. The van der Waals surface area contributed by atoms with E-state index >= 15 is 0 Å². The summed E-state index contributed by atoms with van der Waals surface area (Å²) in [5.74, 6) is 0.957. The number of likely N-dealkylation sites (tertiary alicyclic amines) is 1. The second-order valence-electron chi connectivity index (χ2n) is 5.01. The molecule has 0 unspecified atom stereocenters. The van der Waals surface area contributed by atoms with Crippen LogP contribution in [0.2, 0.25) is 0 Å². The predicted octanol–water partition coefficient (Wildman–Crippen LogP) is 1.21. The summed E-state index contributed by atoms with van der Waals surface area (Å²) in [4.78, 5) is 15.4. The molecule has 17 heavy (non-hydrogen) atoms. The number of rotatable bonds is 6. The van der Waals surface area contributed by atoms with Gasteiger partial charge in [-0.3, -0.25) is 4.79 Å². The minimum Gasteiger partial charge on any atom is -0.383 e. The third-order valence-corrected chi connectivity index (χ3v) is 3.73. The number of carbonyl (C=O) groups excluding carboxylic acids is 1. The van der Waals surface area contributed by atoms with Gasteiger partial charge in [0.2, 0.25) is 5.91 Å². The molecule has 1 amide bonds. The van der Waals surface area contributed by atoms with Crippen LogP contribution in [0.15, 0.2) is 0 Å². The zero-order valence-corrected chi connectivity index (χ0v) is 11.4. The van der Waals surface area contributed by atoms with Gasteiger partial charge in [0, 0.05) is 34.2 Å². The second kappa shape index (κ2) is 7.67. The molecule has 100 valence electrons. The predicted molar refractivity (Wildman–Crippen MR) is 69.0 cm³/mol. The minimum absolute atomic E-state index is 0.169.